The molecule has 580 valence electrons. The predicted octanol–water partition coefficient (Wildman–Crippen LogP) is 5.04. The molecule has 5 rings (SSSR count). The van der Waals surface area contributed by atoms with Crippen molar-refractivity contribution in [2.75, 3.05) is 65.6 Å². The van der Waals surface area contributed by atoms with Crippen LogP contribution in [0.25, 0.3) is 0 Å². The second kappa shape index (κ2) is 41.0. The fourth-order valence-electron chi connectivity index (χ4n) is 13.5. The zero-order valence-electron chi connectivity index (χ0n) is 62.5. The van der Waals surface area contributed by atoms with Crippen LogP contribution in [0, 0.1) is 46.6 Å². The lowest BCUT2D eigenvalue weighted by Gasteiger charge is -2.41. The van der Waals surface area contributed by atoms with Crippen LogP contribution in [0.2, 0.25) is 0 Å². The Bertz CT molecular complexity index is 3270. The molecule has 2 aliphatic heterocycles. The summed E-state index contributed by atoms with van der Waals surface area (Å²) < 4.78 is 46.2. The summed E-state index contributed by atoms with van der Waals surface area (Å²) >= 11 is 1.40. The maximum Gasteiger partial charge on any atom is 0.410 e. The first-order valence-corrected chi connectivity index (χ1v) is 37.1. The van der Waals surface area contributed by atoms with Crippen molar-refractivity contribution in [2.45, 2.75) is 219 Å². The Morgan fingerprint density at radius 2 is 1.41 bits per heavy atom. The van der Waals surface area contributed by atoms with Crippen molar-refractivity contribution in [1.82, 2.24) is 46.2 Å². The highest BCUT2D eigenvalue weighted by Crippen LogP contribution is 2.52. The average molecular weight is 1480 g/mol. The Morgan fingerprint density at radius 1 is 0.760 bits per heavy atom. The number of aliphatic hydroxyl groups is 1. The van der Waals surface area contributed by atoms with Gasteiger partial charge in [-0.2, -0.15) is 0 Å². The summed E-state index contributed by atoms with van der Waals surface area (Å²) in [6, 6.07) is 3.10. The largest absolute Gasteiger partial charge is 0.445 e. The number of methoxy groups -OCH3 is 2. The lowest BCUT2D eigenvalue weighted by molar-refractivity contribution is -0.148. The van der Waals surface area contributed by atoms with Gasteiger partial charge in [-0.1, -0.05) is 93.4 Å². The SMILES string of the molecule is CC[C@H](C)[C@@H]([C@@H](CC(=O)N1C[C@@H](O)C[C@H]1[C@H](OC)[C@@H](C)C(=O)NCCc1c(F)cccc1F)OC)N(C)C(=O)[C@@H](NC(=O)[C@H](C(C)C)N(C)C(=O)OCc1ccc(NC(=O)[C@H](CCCNC(N)=O)NC(=O)[C@@H](NC(=O)CCCCCN2C(=O)CC(SCC3(CC(N)=O)CC3)C2=O)C(C)C)cc1)C(C)C. The molecule has 0 aromatic heterocycles. The second-order valence-corrected chi connectivity index (χ2v) is 30.1. The van der Waals surface area contributed by atoms with Gasteiger partial charge in [0.25, 0.3) is 0 Å². The monoisotopic (exact) mass is 1480 g/mol. The molecular formula is C73H112F2N12O16S. The van der Waals surface area contributed by atoms with E-state index in [4.69, 9.17) is 25.7 Å². The number of thioether (sulfide) groups is 1. The number of rotatable bonds is 43. The van der Waals surface area contributed by atoms with Crippen molar-refractivity contribution in [2.24, 2.45) is 46.5 Å². The van der Waals surface area contributed by atoms with Gasteiger partial charge in [-0.15, -0.1) is 11.8 Å². The molecule has 3 fully saturated rings. The summed E-state index contributed by atoms with van der Waals surface area (Å²) in [6.45, 7) is 15.8. The van der Waals surface area contributed by atoms with Crippen LogP contribution in [0.15, 0.2) is 42.5 Å². The molecular weight excluding hydrogens is 1370 g/mol. The first kappa shape index (κ1) is 86.6. The molecule has 104 heavy (non-hydrogen) atoms. The molecule has 2 aromatic carbocycles. The summed E-state index contributed by atoms with van der Waals surface area (Å²) in [5.74, 6) is -8.01. The molecule has 28 nitrogen and oxygen atoms in total. The van der Waals surface area contributed by atoms with Crippen LogP contribution in [-0.4, -0.2) is 216 Å². The van der Waals surface area contributed by atoms with Crippen LogP contribution >= 0.6 is 11.8 Å². The lowest BCUT2D eigenvalue weighted by atomic mass is 9.89. The molecule has 31 heteroatoms. The van der Waals surface area contributed by atoms with Crippen molar-refractivity contribution < 1.29 is 85.6 Å². The topological polar surface area (TPSA) is 390 Å². The van der Waals surface area contributed by atoms with Crippen LogP contribution < -0.4 is 43.4 Å². The van der Waals surface area contributed by atoms with Gasteiger partial charge in [-0.05, 0) is 110 Å². The lowest BCUT2D eigenvalue weighted by Crippen LogP contribution is -2.60. The maximum atomic E-state index is 14.8. The number of nitrogens with one attached hydrogen (secondary N) is 6. The van der Waals surface area contributed by atoms with E-state index < -0.39 is 149 Å². The number of nitrogens with two attached hydrogens (primary N) is 2. The van der Waals surface area contributed by atoms with E-state index in [1.165, 1.54) is 53.8 Å². The Hall–Kier alpha value is -8.03. The van der Waals surface area contributed by atoms with Crippen molar-refractivity contribution in [1.29, 1.82) is 0 Å². The molecule has 3 aliphatic rings. The molecule has 1 unspecified atom stereocenters. The number of unbranched alkanes of at least 4 members (excludes halogenated alkanes) is 2. The molecule has 1 saturated carbocycles. The number of aliphatic hydroxyl groups excluding tert-OH is 1. The van der Waals surface area contributed by atoms with E-state index in [1.54, 1.807) is 79.8 Å². The summed E-state index contributed by atoms with van der Waals surface area (Å²) in [7, 11) is 5.79. The maximum absolute atomic E-state index is 14.8. The summed E-state index contributed by atoms with van der Waals surface area (Å²) in [5, 5.41) is 26.9. The van der Waals surface area contributed by atoms with Gasteiger partial charge in [0, 0.05) is 90.8 Å². The Morgan fingerprint density at radius 3 is 1.99 bits per heavy atom. The summed E-state index contributed by atoms with van der Waals surface area (Å²) in [6.07, 6.45) is 0.463. The Balaban J connectivity index is 1.15. The number of hydrogen-bond acceptors (Lipinski definition) is 17. The summed E-state index contributed by atoms with van der Waals surface area (Å²) in [4.78, 5) is 166. The van der Waals surface area contributed by atoms with Gasteiger partial charge in [0.05, 0.1) is 48.0 Å². The Labute approximate surface area is 613 Å². The minimum absolute atomic E-state index is 0.0509. The molecule has 1 aliphatic carbocycles. The number of ether oxygens (including phenoxy) is 3. The number of primary amides is 2. The fourth-order valence-corrected chi connectivity index (χ4v) is 15.0. The zero-order chi connectivity index (χ0) is 77.4. The Kier molecular flexibility index (Phi) is 34.2. The molecule has 11 N–H and O–H groups in total. The molecule has 0 spiro atoms. The highest BCUT2D eigenvalue weighted by atomic mass is 32.2. The number of hydrogen-bond donors (Lipinski definition) is 9. The molecule has 13 amide bonds. The number of likely N-dealkylation sites (N-methyl/N-ethyl adjacent to an activating group) is 2. The number of urea groups is 1. The number of imide groups is 1. The standard InChI is InChI=1S/C73H112F2N12O16S/c1-14-44(8)63(54(101-12)35-58(91)87-38-48(88)34-53(87)64(102-13)45(9)65(93)78-32-28-49-50(74)20-18-21-51(49)75)84(10)70(98)61(42(4)5)83-68(96)62(43(6)7)85(11)72(100)103-39-46-24-26-47(27-25-46)80-66(94)52(22-19-31-79-71(77)99)81-67(95)60(41(2)3)82-57(90)23-16-15-17-33-86-59(92)36-55(69(86)97)104-40-73(29-30-73)37-56(76)89/h18,20-21,24-27,41-45,48,52-55,60-64,88H,14-17,19,22-23,28-40H2,1-13H3,(H2,76,89)(H,78,93)(H,80,94)(H,81,95)(H,82,90)(H,83,96)(H3,77,79,99)/t44-,45+,48-,52-,53-,54+,55?,60-,61-,62-,63-,64+/m0/s1. The number of carbonyl (C=O) groups is 12. The minimum atomic E-state index is -1.15. The van der Waals surface area contributed by atoms with E-state index >= 15 is 0 Å². The van der Waals surface area contributed by atoms with Crippen molar-refractivity contribution >= 4 is 88.6 Å². The normalized spacial score (nSPS) is 18.9. The third-order valence-corrected chi connectivity index (χ3v) is 21.4. The van der Waals surface area contributed by atoms with E-state index in [9.17, 15) is 71.4 Å². The highest BCUT2D eigenvalue weighted by Gasteiger charge is 2.48. The van der Waals surface area contributed by atoms with Gasteiger partial charge in [0.2, 0.25) is 59.1 Å². The molecule has 2 aromatic rings. The van der Waals surface area contributed by atoms with Gasteiger partial charge >= 0.3 is 12.1 Å². The number of benzene rings is 2. The number of β-amino-alcohol motifs (C(OH)–C–C–N with tert-alkyl or cyclic N) is 1. The zero-order valence-corrected chi connectivity index (χ0v) is 63.3. The minimum Gasteiger partial charge on any atom is -0.445 e. The first-order valence-electron chi connectivity index (χ1n) is 36.1. The number of nitrogens with zero attached hydrogens (tertiary/aromatic N) is 4. The quantitative estimate of drug-likeness (QED) is 0.0310. The van der Waals surface area contributed by atoms with E-state index in [0.29, 0.717) is 42.7 Å². The molecule has 2 saturated heterocycles. The van der Waals surface area contributed by atoms with Crippen molar-refractivity contribution in [3.8, 4) is 0 Å². The van der Waals surface area contributed by atoms with Crippen molar-refractivity contribution in [3.05, 3.63) is 65.2 Å². The first-order chi connectivity index (χ1) is 49.1. The third kappa shape index (κ3) is 25.1. The van der Waals surface area contributed by atoms with Crippen LogP contribution in [0.4, 0.5) is 24.1 Å². The fraction of sp³-hybridized carbons (Fsp3) is 0.671. The van der Waals surface area contributed by atoms with Gasteiger partial charge in [-0.3, -0.25) is 57.7 Å². The van der Waals surface area contributed by atoms with Gasteiger partial charge in [0.1, 0.15) is 42.4 Å². The van der Waals surface area contributed by atoms with Gasteiger partial charge < -0.3 is 72.5 Å². The molecule has 12 atom stereocenters. The van der Waals surface area contributed by atoms with Crippen molar-refractivity contribution in [3.63, 3.8) is 0 Å². The van der Waals surface area contributed by atoms with Gasteiger partial charge in [0.15, 0.2) is 0 Å². The molecule has 0 radical (unpaired) electrons. The van der Waals surface area contributed by atoms with E-state index in [2.05, 4.69) is 31.9 Å². The van der Waals surface area contributed by atoms with Crippen LogP contribution in [0.1, 0.15) is 157 Å². The third-order valence-electron chi connectivity index (χ3n) is 19.9. The smallest absolute Gasteiger partial charge is 0.410 e. The van der Waals surface area contributed by atoms with Crippen LogP contribution in [0.5, 0.6) is 0 Å². The average Bonchev–Trinajstić information content (AvgIpc) is 1.70. The number of anilines is 1. The van der Waals surface area contributed by atoms with Crippen LogP contribution in [0.3, 0.4) is 0 Å². The van der Waals surface area contributed by atoms with E-state index in [-0.39, 0.29) is 119 Å². The summed E-state index contributed by atoms with van der Waals surface area (Å²) in [5.41, 5.74) is 11.1. The second-order valence-electron chi connectivity index (χ2n) is 28.9. The number of halogens is 2. The van der Waals surface area contributed by atoms with Gasteiger partial charge in [-0.25, -0.2) is 18.4 Å². The highest BCUT2D eigenvalue weighted by molar-refractivity contribution is 8.00. The molecule has 2 heterocycles. The number of amides is 13. The van der Waals surface area contributed by atoms with Crippen LogP contribution in [-0.2, 0) is 75.2 Å². The van der Waals surface area contributed by atoms with E-state index in [1.807, 2.05) is 13.8 Å². The predicted molar refractivity (Wildman–Crippen MR) is 386 cm³/mol. The number of carbonyl (C=O) groups excluding carboxylic acids is 12. The number of likely N-dealkylation sites (tertiary alicyclic amines) is 2. The van der Waals surface area contributed by atoms with E-state index in [0.717, 1.165) is 29.9 Å². The molecule has 0 bridgehead atoms.